The number of anilines is 1. The standard InChI is InChI=1S/C13H15BrN2O3/c14-9-1-2-10(11(15)6-9)13(19)16-4-3-8(7-16)5-12(17)18/h1-2,6,8H,3-5,7,15H2,(H,17,18). The average Bonchev–Trinajstić information content (AvgIpc) is 2.75. The second kappa shape index (κ2) is 5.61. The molecule has 0 radical (unpaired) electrons. The molecule has 2 rings (SSSR count). The lowest BCUT2D eigenvalue weighted by Gasteiger charge is -2.17. The van der Waals surface area contributed by atoms with Crippen molar-refractivity contribution in [2.45, 2.75) is 12.8 Å². The maximum atomic E-state index is 12.3. The Labute approximate surface area is 119 Å². The minimum absolute atomic E-state index is 0.0399. The van der Waals surface area contributed by atoms with Gasteiger partial charge >= 0.3 is 5.97 Å². The number of carbonyl (C=O) groups is 2. The normalized spacial score (nSPS) is 18.6. The first kappa shape index (κ1) is 13.9. The maximum Gasteiger partial charge on any atom is 0.303 e. The number of nitrogens with two attached hydrogens (primary N) is 1. The van der Waals surface area contributed by atoms with Gasteiger partial charge in [-0.25, -0.2) is 0 Å². The second-order valence-corrected chi connectivity index (χ2v) is 5.65. The Morgan fingerprint density at radius 1 is 1.47 bits per heavy atom. The molecule has 102 valence electrons. The summed E-state index contributed by atoms with van der Waals surface area (Å²) in [5.74, 6) is -0.904. The highest BCUT2D eigenvalue weighted by Crippen LogP contribution is 2.25. The van der Waals surface area contributed by atoms with Crippen LogP contribution in [0.4, 0.5) is 5.69 Å². The molecule has 0 aromatic heterocycles. The summed E-state index contributed by atoms with van der Waals surface area (Å²) in [5.41, 5.74) is 6.74. The van der Waals surface area contributed by atoms with Crippen LogP contribution in [-0.4, -0.2) is 35.0 Å². The van der Waals surface area contributed by atoms with Gasteiger partial charge in [0.1, 0.15) is 0 Å². The van der Waals surface area contributed by atoms with Crippen molar-refractivity contribution in [3.63, 3.8) is 0 Å². The molecule has 1 heterocycles. The average molecular weight is 327 g/mol. The maximum absolute atomic E-state index is 12.3. The lowest BCUT2D eigenvalue weighted by atomic mass is 10.1. The Morgan fingerprint density at radius 3 is 2.84 bits per heavy atom. The third-order valence-electron chi connectivity index (χ3n) is 3.28. The molecule has 1 aliphatic heterocycles. The first-order chi connectivity index (χ1) is 8.97. The van der Waals surface area contributed by atoms with Crippen molar-refractivity contribution in [1.82, 2.24) is 4.90 Å². The van der Waals surface area contributed by atoms with E-state index in [1.165, 1.54) is 0 Å². The van der Waals surface area contributed by atoms with Crippen molar-refractivity contribution in [2.75, 3.05) is 18.8 Å². The molecule has 5 nitrogen and oxygen atoms in total. The molecule has 0 saturated carbocycles. The SMILES string of the molecule is Nc1cc(Br)ccc1C(=O)N1CCC(CC(=O)O)C1. The van der Waals surface area contributed by atoms with E-state index in [-0.39, 0.29) is 18.2 Å². The van der Waals surface area contributed by atoms with Crippen LogP contribution < -0.4 is 5.73 Å². The molecular weight excluding hydrogens is 312 g/mol. The molecule has 1 aromatic rings. The number of carbonyl (C=O) groups excluding carboxylic acids is 1. The number of nitrogens with zero attached hydrogens (tertiary/aromatic N) is 1. The predicted octanol–water partition coefficient (Wildman–Crippen LogP) is 1.97. The highest BCUT2D eigenvalue weighted by Gasteiger charge is 2.29. The van der Waals surface area contributed by atoms with Gasteiger partial charge < -0.3 is 15.7 Å². The summed E-state index contributed by atoms with van der Waals surface area (Å²) < 4.78 is 0.826. The number of hydrogen-bond acceptors (Lipinski definition) is 3. The molecule has 19 heavy (non-hydrogen) atoms. The van der Waals surface area contributed by atoms with Crippen molar-refractivity contribution in [3.05, 3.63) is 28.2 Å². The van der Waals surface area contributed by atoms with E-state index in [0.717, 1.165) is 10.9 Å². The number of nitrogen functional groups attached to an aromatic ring is 1. The van der Waals surface area contributed by atoms with Crippen molar-refractivity contribution in [3.8, 4) is 0 Å². The number of benzene rings is 1. The number of carboxylic acids is 1. The Balaban J connectivity index is 2.07. The van der Waals surface area contributed by atoms with Crippen LogP contribution in [0.1, 0.15) is 23.2 Å². The van der Waals surface area contributed by atoms with E-state index in [1.807, 2.05) is 0 Å². The van der Waals surface area contributed by atoms with Crippen LogP contribution in [0.15, 0.2) is 22.7 Å². The summed E-state index contributed by atoms with van der Waals surface area (Å²) in [7, 11) is 0. The van der Waals surface area contributed by atoms with Gasteiger partial charge in [0.2, 0.25) is 0 Å². The van der Waals surface area contributed by atoms with Gasteiger partial charge in [-0.3, -0.25) is 9.59 Å². The fourth-order valence-corrected chi connectivity index (χ4v) is 2.71. The van der Waals surface area contributed by atoms with Crippen LogP contribution >= 0.6 is 15.9 Å². The van der Waals surface area contributed by atoms with Crippen LogP contribution in [0, 0.1) is 5.92 Å². The molecule has 1 fully saturated rings. The van der Waals surface area contributed by atoms with Gasteiger partial charge in [-0.1, -0.05) is 15.9 Å². The van der Waals surface area contributed by atoms with E-state index in [9.17, 15) is 9.59 Å². The van der Waals surface area contributed by atoms with Gasteiger partial charge in [-0.05, 0) is 30.5 Å². The quantitative estimate of drug-likeness (QED) is 0.832. The highest BCUT2D eigenvalue weighted by molar-refractivity contribution is 9.10. The zero-order valence-corrected chi connectivity index (χ0v) is 11.9. The Kier molecular flexibility index (Phi) is 4.09. The molecule has 1 atom stereocenters. The van der Waals surface area contributed by atoms with Crippen LogP contribution in [0.2, 0.25) is 0 Å². The number of likely N-dealkylation sites (tertiary alicyclic amines) is 1. The molecule has 1 unspecified atom stereocenters. The number of hydrogen-bond donors (Lipinski definition) is 2. The smallest absolute Gasteiger partial charge is 0.303 e. The molecule has 0 bridgehead atoms. The van der Waals surface area contributed by atoms with Gasteiger partial charge in [0.15, 0.2) is 0 Å². The number of halogens is 1. The minimum atomic E-state index is -0.817. The molecule has 1 saturated heterocycles. The number of carboxylic acid groups (broad SMARTS) is 1. The molecule has 3 N–H and O–H groups in total. The van der Waals surface area contributed by atoms with E-state index in [0.29, 0.717) is 24.3 Å². The Bertz CT molecular complexity index is 519. The third kappa shape index (κ3) is 3.26. The topological polar surface area (TPSA) is 83.6 Å². The van der Waals surface area contributed by atoms with E-state index < -0.39 is 5.97 Å². The van der Waals surface area contributed by atoms with Crippen molar-refractivity contribution in [1.29, 1.82) is 0 Å². The first-order valence-corrected chi connectivity index (χ1v) is 6.82. The lowest BCUT2D eigenvalue weighted by molar-refractivity contribution is -0.138. The molecule has 1 aliphatic rings. The zero-order valence-electron chi connectivity index (χ0n) is 10.3. The molecule has 0 spiro atoms. The monoisotopic (exact) mass is 326 g/mol. The molecule has 6 heteroatoms. The highest BCUT2D eigenvalue weighted by atomic mass is 79.9. The summed E-state index contributed by atoms with van der Waals surface area (Å²) in [6, 6.07) is 5.15. The van der Waals surface area contributed by atoms with Gasteiger partial charge in [0, 0.05) is 29.7 Å². The van der Waals surface area contributed by atoms with Gasteiger partial charge in [-0.2, -0.15) is 0 Å². The van der Waals surface area contributed by atoms with Crippen LogP contribution in [0.25, 0.3) is 0 Å². The summed E-state index contributed by atoms with van der Waals surface area (Å²) in [6.45, 7) is 1.08. The molecular formula is C13H15BrN2O3. The Morgan fingerprint density at radius 2 is 2.21 bits per heavy atom. The fraction of sp³-hybridized carbons (Fsp3) is 0.385. The van der Waals surface area contributed by atoms with E-state index in [2.05, 4.69) is 15.9 Å². The van der Waals surface area contributed by atoms with Crippen molar-refractivity contribution < 1.29 is 14.7 Å². The predicted molar refractivity (Wildman–Crippen MR) is 74.8 cm³/mol. The molecule has 1 amide bonds. The molecule has 0 aliphatic carbocycles. The number of aliphatic carboxylic acids is 1. The molecule has 1 aromatic carbocycles. The minimum Gasteiger partial charge on any atom is -0.481 e. The number of amides is 1. The van der Waals surface area contributed by atoms with Crippen LogP contribution in [0.3, 0.4) is 0 Å². The lowest BCUT2D eigenvalue weighted by Crippen LogP contribution is -2.29. The van der Waals surface area contributed by atoms with Crippen LogP contribution in [0.5, 0.6) is 0 Å². The summed E-state index contributed by atoms with van der Waals surface area (Å²) in [4.78, 5) is 24.6. The second-order valence-electron chi connectivity index (χ2n) is 4.74. The fourth-order valence-electron chi connectivity index (χ4n) is 2.33. The zero-order chi connectivity index (χ0) is 14.0. The van der Waals surface area contributed by atoms with E-state index >= 15 is 0 Å². The van der Waals surface area contributed by atoms with Gasteiger partial charge in [0.25, 0.3) is 5.91 Å². The first-order valence-electron chi connectivity index (χ1n) is 6.03. The summed E-state index contributed by atoms with van der Waals surface area (Å²) >= 11 is 3.30. The summed E-state index contributed by atoms with van der Waals surface area (Å²) in [6.07, 6.45) is 0.841. The Hall–Kier alpha value is -1.56. The van der Waals surface area contributed by atoms with Crippen LogP contribution in [-0.2, 0) is 4.79 Å². The number of rotatable bonds is 3. The summed E-state index contributed by atoms with van der Waals surface area (Å²) in [5, 5.41) is 8.76. The van der Waals surface area contributed by atoms with Crippen molar-refractivity contribution in [2.24, 2.45) is 5.92 Å². The van der Waals surface area contributed by atoms with Gasteiger partial charge in [0.05, 0.1) is 5.56 Å². The van der Waals surface area contributed by atoms with E-state index in [1.54, 1.807) is 23.1 Å². The largest absolute Gasteiger partial charge is 0.481 e. The van der Waals surface area contributed by atoms with Gasteiger partial charge in [-0.15, -0.1) is 0 Å². The third-order valence-corrected chi connectivity index (χ3v) is 3.77. The van der Waals surface area contributed by atoms with Crippen molar-refractivity contribution >= 4 is 33.5 Å². The van der Waals surface area contributed by atoms with E-state index in [4.69, 9.17) is 10.8 Å².